The van der Waals surface area contributed by atoms with Gasteiger partial charge < -0.3 is 20.1 Å². The Morgan fingerprint density at radius 2 is 1.80 bits per heavy atom. The van der Waals surface area contributed by atoms with Crippen LogP contribution in [0.2, 0.25) is 0 Å². The number of hydrogen-bond donors (Lipinski definition) is 2. The van der Waals surface area contributed by atoms with E-state index >= 15 is 0 Å². The molecule has 0 unspecified atom stereocenters. The predicted octanol–water partition coefficient (Wildman–Crippen LogP) is 3.26. The van der Waals surface area contributed by atoms with Gasteiger partial charge in [0.15, 0.2) is 0 Å². The first-order valence-electron chi connectivity index (χ1n) is 7.89. The molecule has 1 aromatic heterocycles. The zero-order valence-corrected chi connectivity index (χ0v) is 15.4. The van der Waals surface area contributed by atoms with Gasteiger partial charge in [0, 0.05) is 17.7 Å². The van der Waals surface area contributed by atoms with E-state index < -0.39 is 0 Å². The van der Waals surface area contributed by atoms with E-state index in [1.165, 1.54) is 7.11 Å². The van der Waals surface area contributed by atoms with Crippen molar-refractivity contribution in [1.82, 2.24) is 9.97 Å². The van der Waals surface area contributed by atoms with E-state index in [4.69, 9.17) is 9.47 Å². The normalized spacial score (nSPS) is 11.0. The molecule has 0 saturated heterocycles. The molecule has 1 aromatic carbocycles. The quantitative estimate of drug-likeness (QED) is 0.866. The summed E-state index contributed by atoms with van der Waals surface area (Å²) in [7, 11) is 3.10. The Bertz CT molecular complexity index is 769. The van der Waals surface area contributed by atoms with E-state index in [2.05, 4.69) is 20.6 Å². The lowest BCUT2D eigenvalue weighted by atomic mass is 10.1. The molecule has 7 heteroatoms. The standard InChI is InChI=1S/C18H24N4O3/c1-11-19-14(10-16(20-11)22-18(2,3)4)17(23)21-13-8-7-12(24-5)9-15(13)25-6/h7-10H,1-6H3,(H,21,23)(H,19,20,22). The Morgan fingerprint density at radius 3 is 2.40 bits per heavy atom. The smallest absolute Gasteiger partial charge is 0.274 e. The van der Waals surface area contributed by atoms with Gasteiger partial charge in [-0.25, -0.2) is 9.97 Å². The van der Waals surface area contributed by atoms with Crippen LogP contribution in [0.5, 0.6) is 11.5 Å². The number of amides is 1. The average Bonchev–Trinajstić information content (AvgIpc) is 2.52. The van der Waals surface area contributed by atoms with Crippen LogP contribution >= 0.6 is 0 Å². The lowest BCUT2D eigenvalue weighted by Gasteiger charge is -2.21. The van der Waals surface area contributed by atoms with Crippen LogP contribution in [0.3, 0.4) is 0 Å². The van der Waals surface area contributed by atoms with Crippen molar-refractivity contribution in [2.75, 3.05) is 24.9 Å². The van der Waals surface area contributed by atoms with Crippen molar-refractivity contribution >= 4 is 17.4 Å². The number of hydrogen-bond acceptors (Lipinski definition) is 6. The van der Waals surface area contributed by atoms with Crippen molar-refractivity contribution in [3.8, 4) is 11.5 Å². The summed E-state index contributed by atoms with van der Waals surface area (Å²) >= 11 is 0. The van der Waals surface area contributed by atoms with Crippen molar-refractivity contribution in [2.45, 2.75) is 33.2 Å². The van der Waals surface area contributed by atoms with Crippen LogP contribution in [0.15, 0.2) is 24.3 Å². The second-order valence-corrected chi connectivity index (χ2v) is 6.58. The maximum absolute atomic E-state index is 12.6. The second kappa shape index (κ2) is 7.38. The highest BCUT2D eigenvalue weighted by molar-refractivity contribution is 6.04. The fraction of sp³-hybridized carbons (Fsp3) is 0.389. The van der Waals surface area contributed by atoms with Crippen molar-refractivity contribution in [1.29, 1.82) is 0 Å². The minimum atomic E-state index is -0.342. The first-order valence-corrected chi connectivity index (χ1v) is 7.89. The Morgan fingerprint density at radius 1 is 1.08 bits per heavy atom. The van der Waals surface area contributed by atoms with Crippen LogP contribution in [-0.4, -0.2) is 35.6 Å². The van der Waals surface area contributed by atoms with E-state index in [9.17, 15) is 4.79 Å². The molecular formula is C18H24N4O3. The minimum Gasteiger partial charge on any atom is -0.497 e. The molecule has 0 saturated carbocycles. The molecule has 1 amide bonds. The summed E-state index contributed by atoms with van der Waals surface area (Å²) < 4.78 is 10.5. The topological polar surface area (TPSA) is 85.4 Å². The van der Waals surface area contributed by atoms with Crippen LogP contribution in [0.4, 0.5) is 11.5 Å². The summed E-state index contributed by atoms with van der Waals surface area (Å²) in [5.41, 5.74) is 0.639. The largest absolute Gasteiger partial charge is 0.497 e. The molecule has 0 bridgehead atoms. The van der Waals surface area contributed by atoms with Gasteiger partial charge in [0.25, 0.3) is 5.91 Å². The third-order valence-electron chi connectivity index (χ3n) is 3.23. The van der Waals surface area contributed by atoms with Gasteiger partial charge in [-0.05, 0) is 39.8 Å². The molecule has 0 spiro atoms. The number of carbonyl (C=O) groups is 1. The number of methoxy groups -OCH3 is 2. The van der Waals surface area contributed by atoms with Gasteiger partial charge in [0.05, 0.1) is 19.9 Å². The number of nitrogens with zero attached hydrogens (tertiary/aromatic N) is 2. The predicted molar refractivity (Wildman–Crippen MR) is 97.6 cm³/mol. The lowest BCUT2D eigenvalue weighted by Crippen LogP contribution is -2.27. The maximum Gasteiger partial charge on any atom is 0.274 e. The molecule has 0 fully saturated rings. The number of nitrogens with one attached hydrogen (secondary N) is 2. The van der Waals surface area contributed by atoms with Crippen LogP contribution in [0.1, 0.15) is 37.1 Å². The molecule has 0 aliphatic heterocycles. The van der Waals surface area contributed by atoms with Crippen LogP contribution in [0, 0.1) is 6.92 Å². The third kappa shape index (κ3) is 5.07. The van der Waals surface area contributed by atoms with E-state index in [0.717, 1.165) is 0 Å². The van der Waals surface area contributed by atoms with Crippen LogP contribution < -0.4 is 20.1 Å². The van der Waals surface area contributed by atoms with Crippen molar-refractivity contribution in [3.05, 3.63) is 35.8 Å². The highest BCUT2D eigenvalue weighted by Gasteiger charge is 2.16. The Labute approximate surface area is 147 Å². The maximum atomic E-state index is 12.6. The molecule has 7 nitrogen and oxygen atoms in total. The second-order valence-electron chi connectivity index (χ2n) is 6.58. The van der Waals surface area contributed by atoms with Gasteiger partial charge >= 0.3 is 0 Å². The van der Waals surface area contributed by atoms with Gasteiger partial charge in [-0.1, -0.05) is 0 Å². The summed E-state index contributed by atoms with van der Waals surface area (Å²) in [6.07, 6.45) is 0. The molecule has 134 valence electrons. The fourth-order valence-electron chi connectivity index (χ4n) is 2.22. The van der Waals surface area contributed by atoms with E-state index in [1.54, 1.807) is 38.3 Å². The average molecular weight is 344 g/mol. The van der Waals surface area contributed by atoms with E-state index in [0.29, 0.717) is 28.8 Å². The summed E-state index contributed by atoms with van der Waals surface area (Å²) in [4.78, 5) is 21.1. The van der Waals surface area contributed by atoms with Gasteiger partial charge in [-0.3, -0.25) is 4.79 Å². The molecule has 0 aliphatic rings. The molecule has 1 heterocycles. The number of rotatable bonds is 5. The molecule has 2 N–H and O–H groups in total. The SMILES string of the molecule is COc1ccc(NC(=O)c2cc(NC(C)(C)C)nc(C)n2)c(OC)c1. The number of ether oxygens (including phenoxy) is 2. The zero-order valence-electron chi connectivity index (χ0n) is 15.4. The minimum absolute atomic E-state index is 0.173. The Balaban J connectivity index is 2.26. The highest BCUT2D eigenvalue weighted by Crippen LogP contribution is 2.29. The molecule has 2 rings (SSSR count). The zero-order chi connectivity index (χ0) is 18.6. The highest BCUT2D eigenvalue weighted by atomic mass is 16.5. The summed E-state index contributed by atoms with van der Waals surface area (Å²) in [5.74, 6) is 1.93. The molecule has 0 atom stereocenters. The molecule has 0 radical (unpaired) electrons. The number of carbonyl (C=O) groups excluding carboxylic acids is 1. The summed E-state index contributed by atoms with van der Waals surface area (Å²) in [5, 5.41) is 6.06. The van der Waals surface area contributed by atoms with E-state index in [-0.39, 0.29) is 17.1 Å². The van der Waals surface area contributed by atoms with Crippen LogP contribution in [0.25, 0.3) is 0 Å². The van der Waals surface area contributed by atoms with Crippen molar-refractivity contribution < 1.29 is 14.3 Å². The monoisotopic (exact) mass is 344 g/mol. The van der Waals surface area contributed by atoms with Gasteiger partial charge in [0.1, 0.15) is 28.8 Å². The Hall–Kier alpha value is -2.83. The number of aryl methyl sites for hydroxylation is 1. The molecule has 0 aliphatic carbocycles. The van der Waals surface area contributed by atoms with E-state index in [1.807, 2.05) is 20.8 Å². The first-order chi connectivity index (χ1) is 11.7. The fourth-order valence-corrected chi connectivity index (χ4v) is 2.22. The number of aromatic nitrogens is 2. The third-order valence-corrected chi connectivity index (χ3v) is 3.23. The Kier molecular flexibility index (Phi) is 5.46. The molecule has 2 aromatic rings. The molecule has 25 heavy (non-hydrogen) atoms. The first kappa shape index (κ1) is 18.5. The van der Waals surface area contributed by atoms with Gasteiger partial charge in [-0.15, -0.1) is 0 Å². The van der Waals surface area contributed by atoms with Gasteiger partial charge in [-0.2, -0.15) is 0 Å². The number of anilines is 2. The summed E-state index contributed by atoms with van der Waals surface area (Å²) in [6, 6.07) is 6.80. The lowest BCUT2D eigenvalue weighted by molar-refractivity contribution is 0.102. The summed E-state index contributed by atoms with van der Waals surface area (Å²) in [6.45, 7) is 7.81. The van der Waals surface area contributed by atoms with Gasteiger partial charge in [0.2, 0.25) is 0 Å². The van der Waals surface area contributed by atoms with Crippen LogP contribution in [-0.2, 0) is 0 Å². The van der Waals surface area contributed by atoms with Crippen molar-refractivity contribution in [2.24, 2.45) is 0 Å². The molecular weight excluding hydrogens is 320 g/mol. The van der Waals surface area contributed by atoms with Crippen molar-refractivity contribution in [3.63, 3.8) is 0 Å². The number of benzene rings is 1.